The van der Waals surface area contributed by atoms with E-state index in [0.29, 0.717) is 42.9 Å². The number of methoxy groups -OCH3 is 1. The van der Waals surface area contributed by atoms with Crippen LogP contribution in [0.25, 0.3) is 0 Å². The summed E-state index contributed by atoms with van der Waals surface area (Å²) in [5.74, 6) is 0.290. The van der Waals surface area contributed by atoms with Crippen molar-refractivity contribution in [2.24, 2.45) is 0 Å². The van der Waals surface area contributed by atoms with Crippen LogP contribution in [0, 0.1) is 0 Å². The molecule has 0 spiro atoms. The number of ether oxygens (including phenoxy) is 1. The van der Waals surface area contributed by atoms with Crippen LogP contribution in [-0.2, 0) is 14.8 Å². The van der Waals surface area contributed by atoms with E-state index in [9.17, 15) is 13.2 Å². The van der Waals surface area contributed by atoms with Crippen LogP contribution in [0.5, 0.6) is 5.75 Å². The molecule has 1 heterocycles. The third kappa shape index (κ3) is 5.23. The fraction of sp³-hybridized carbons (Fsp3) is 0.562. The third-order valence-electron chi connectivity index (χ3n) is 4.12. The van der Waals surface area contributed by atoms with Gasteiger partial charge in [0.05, 0.1) is 18.6 Å². The lowest BCUT2D eigenvalue weighted by molar-refractivity contribution is -0.119. The first-order valence-electron chi connectivity index (χ1n) is 8.13. The first-order chi connectivity index (χ1) is 11.4. The summed E-state index contributed by atoms with van der Waals surface area (Å²) in [4.78, 5) is 12.5. The molecule has 1 fully saturated rings. The van der Waals surface area contributed by atoms with E-state index in [1.165, 1.54) is 11.4 Å². The van der Waals surface area contributed by atoms with Gasteiger partial charge in [0, 0.05) is 12.2 Å². The van der Waals surface area contributed by atoms with E-state index in [1.54, 1.807) is 18.2 Å². The minimum absolute atomic E-state index is 0. The van der Waals surface area contributed by atoms with E-state index in [1.807, 2.05) is 6.92 Å². The first kappa shape index (κ1) is 21.5. The SMILES string of the molecule is CCCCS(=O)(=O)N1CCCC1C(=O)Nc1ccc(OC)c(N)c1.Cl. The minimum atomic E-state index is -3.40. The standard InChI is InChI=1S/C16H25N3O4S.ClH/c1-3-4-10-24(21,22)19-9-5-6-14(19)16(20)18-12-7-8-15(23-2)13(17)11-12;/h7-8,11,14H,3-6,9-10,17H2,1-2H3,(H,18,20);1H. The normalized spacial score (nSPS) is 17.8. The number of nitrogens with one attached hydrogen (secondary N) is 1. The lowest BCUT2D eigenvalue weighted by atomic mass is 10.2. The highest BCUT2D eigenvalue weighted by atomic mass is 35.5. The van der Waals surface area contributed by atoms with Crippen LogP contribution >= 0.6 is 12.4 Å². The van der Waals surface area contributed by atoms with Crippen molar-refractivity contribution in [1.29, 1.82) is 0 Å². The maximum atomic E-state index is 12.5. The van der Waals surface area contributed by atoms with Crippen LogP contribution < -0.4 is 15.8 Å². The van der Waals surface area contributed by atoms with Gasteiger partial charge in [-0.05, 0) is 37.5 Å². The molecule has 1 aromatic carbocycles. The molecule has 0 aromatic heterocycles. The van der Waals surface area contributed by atoms with Crippen molar-refractivity contribution < 1.29 is 17.9 Å². The molecule has 25 heavy (non-hydrogen) atoms. The molecule has 0 aliphatic carbocycles. The van der Waals surface area contributed by atoms with Gasteiger partial charge >= 0.3 is 0 Å². The zero-order chi connectivity index (χ0) is 17.7. The number of rotatable bonds is 7. The van der Waals surface area contributed by atoms with Gasteiger partial charge in [-0.2, -0.15) is 4.31 Å². The molecule has 1 aliphatic heterocycles. The van der Waals surface area contributed by atoms with E-state index >= 15 is 0 Å². The van der Waals surface area contributed by atoms with Crippen molar-refractivity contribution in [3.63, 3.8) is 0 Å². The predicted molar refractivity (Wildman–Crippen MR) is 102 cm³/mol. The molecule has 142 valence electrons. The topological polar surface area (TPSA) is 102 Å². The Labute approximate surface area is 155 Å². The van der Waals surface area contributed by atoms with Gasteiger partial charge < -0.3 is 15.8 Å². The van der Waals surface area contributed by atoms with E-state index in [4.69, 9.17) is 10.5 Å². The Hall–Kier alpha value is -1.51. The highest BCUT2D eigenvalue weighted by molar-refractivity contribution is 7.89. The number of hydrogen-bond acceptors (Lipinski definition) is 5. The molecular weight excluding hydrogens is 366 g/mol. The van der Waals surface area contributed by atoms with Crippen molar-refractivity contribution in [3.05, 3.63) is 18.2 Å². The van der Waals surface area contributed by atoms with E-state index in [0.717, 1.165) is 6.42 Å². The summed E-state index contributed by atoms with van der Waals surface area (Å²) in [5, 5.41) is 2.75. The molecule has 1 amide bonds. The molecule has 0 saturated carbocycles. The van der Waals surface area contributed by atoms with Gasteiger partial charge in [-0.1, -0.05) is 13.3 Å². The Bertz CT molecular complexity index is 697. The van der Waals surface area contributed by atoms with Gasteiger partial charge in [0.15, 0.2) is 0 Å². The third-order valence-corrected chi connectivity index (χ3v) is 6.07. The van der Waals surface area contributed by atoms with Crippen LogP contribution in [-0.4, -0.2) is 44.1 Å². The summed E-state index contributed by atoms with van der Waals surface area (Å²) in [7, 11) is -1.88. The molecule has 9 heteroatoms. The first-order valence-corrected chi connectivity index (χ1v) is 9.74. The van der Waals surface area contributed by atoms with Crippen LogP contribution in [0.15, 0.2) is 18.2 Å². The zero-order valence-electron chi connectivity index (χ0n) is 14.5. The smallest absolute Gasteiger partial charge is 0.242 e. The van der Waals surface area contributed by atoms with Gasteiger partial charge in [-0.3, -0.25) is 4.79 Å². The summed E-state index contributed by atoms with van der Waals surface area (Å²) < 4.78 is 31.2. The zero-order valence-corrected chi connectivity index (χ0v) is 16.2. The quantitative estimate of drug-likeness (QED) is 0.694. The lowest BCUT2D eigenvalue weighted by Crippen LogP contribution is -2.44. The summed E-state index contributed by atoms with van der Waals surface area (Å²) in [6.07, 6.45) is 2.62. The van der Waals surface area contributed by atoms with Crippen LogP contribution in [0.3, 0.4) is 0 Å². The fourth-order valence-corrected chi connectivity index (χ4v) is 4.70. The molecule has 1 aliphatic rings. The second-order valence-electron chi connectivity index (χ2n) is 5.88. The van der Waals surface area contributed by atoms with Gasteiger partial charge in [-0.25, -0.2) is 8.42 Å². The number of halogens is 1. The number of nitrogens with zero attached hydrogens (tertiary/aromatic N) is 1. The average molecular weight is 392 g/mol. The van der Waals surface area contributed by atoms with Crippen molar-refractivity contribution in [3.8, 4) is 5.75 Å². The number of carbonyl (C=O) groups excluding carboxylic acids is 1. The molecule has 1 saturated heterocycles. The fourth-order valence-electron chi connectivity index (χ4n) is 2.82. The maximum absolute atomic E-state index is 12.5. The van der Waals surface area contributed by atoms with Gasteiger partial charge in [0.2, 0.25) is 15.9 Å². The average Bonchev–Trinajstić information content (AvgIpc) is 3.04. The maximum Gasteiger partial charge on any atom is 0.242 e. The summed E-state index contributed by atoms with van der Waals surface area (Å²) >= 11 is 0. The number of anilines is 2. The number of amides is 1. The van der Waals surface area contributed by atoms with Gasteiger partial charge in [0.1, 0.15) is 11.8 Å². The number of unbranched alkanes of at least 4 members (excludes halogenated alkanes) is 1. The van der Waals surface area contributed by atoms with Crippen molar-refractivity contribution in [1.82, 2.24) is 4.31 Å². The molecule has 2 rings (SSSR count). The second kappa shape index (κ2) is 9.26. The van der Waals surface area contributed by atoms with Crippen molar-refractivity contribution in [2.75, 3.05) is 30.5 Å². The monoisotopic (exact) mass is 391 g/mol. The lowest BCUT2D eigenvalue weighted by Gasteiger charge is -2.23. The summed E-state index contributed by atoms with van der Waals surface area (Å²) in [6.45, 7) is 2.34. The minimum Gasteiger partial charge on any atom is -0.495 e. The van der Waals surface area contributed by atoms with E-state index < -0.39 is 16.1 Å². The number of sulfonamides is 1. The molecule has 1 atom stereocenters. The molecule has 0 bridgehead atoms. The van der Waals surface area contributed by atoms with E-state index in [2.05, 4.69) is 5.32 Å². The Kier molecular flexibility index (Phi) is 7.98. The second-order valence-corrected chi connectivity index (χ2v) is 7.93. The highest BCUT2D eigenvalue weighted by Crippen LogP contribution is 2.27. The van der Waals surface area contributed by atoms with Crippen LogP contribution in [0.1, 0.15) is 32.6 Å². The van der Waals surface area contributed by atoms with Gasteiger partial charge in [-0.15, -0.1) is 12.4 Å². The van der Waals surface area contributed by atoms with E-state index in [-0.39, 0.29) is 24.1 Å². The Morgan fingerprint density at radius 3 is 2.76 bits per heavy atom. The number of benzene rings is 1. The molecule has 7 nitrogen and oxygen atoms in total. The molecule has 1 aromatic rings. The summed E-state index contributed by atoms with van der Waals surface area (Å²) in [6, 6.07) is 4.28. The van der Waals surface area contributed by atoms with Crippen LogP contribution in [0.4, 0.5) is 11.4 Å². The molecule has 3 N–H and O–H groups in total. The largest absolute Gasteiger partial charge is 0.495 e. The molecule has 0 radical (unpaired) electrons. The number of nitrogens with two attached hydrogens (primary N) is 1. The molecular formula is C16H26ClN3O4S. The Balaban J connectivity index is 0.00000312. The number of nitrogen functional groups attached to an aromatic ring is 1. The van der Waals surface area contributed by atoms with Crippen LogP contribution in [0.2, 0.25) is 0 Å². The van der Waals surface area contributed by atoms with Crippen molar-refractivity contribution in [2.45, 2.75) is 38.6 Å². The van der Waals surface area contributed by atoms with Crippen molar-refractivity contribution >= 4 is 39.7 Å². The highest BCUT2D eigenvalue weighted by Gasteiger charge is 2.38. The number of hydrogen-bond donors (Lipinski definition) is 2. The Morgan fingerprint density at radius 2 is 2.16 bits per heavy atom. The van der Waals surface area contributed by atoms with Gasteiger partial charge in [0.25, 0.3) is 0 Å². The Morgan fingerprint density at radius 1 is 1.44 bits per heavy atom. The predicted octanol–water partition coefficient (Wildman–Crippen LogP) is 2.23. The summed E-state index contributed by atoms with van der Waals surface area (Å²) in [5.41, 5.74) is 6.77. The number of carbonyl (C=O) groups is 1. The molecule has 1 unspecified atom stereocenters.